The van der Waals surface area contributed by atoms with Crippen LogP contribution in [-0.2, 0) is 9.53 Å². The summed E-state index contributed by atoms with van der Waals surface area (Å²) in [4.78, 5) is 24.3. The van der Waals surface area contributed by atoms with Crippen LogP contribution in [0.5, 0.6) is 5.75 Å². The van der Waals surface area contributed by atoms with Crippen LogP contribution in [0.1, 0.15) is 38.1 Å². The van der Waals surface area contributed by atoms with Gasteiger partial charge in [0.15, 0.2) is 0 Å². The van der Waals surface area contributed by atoms with E-state index in [9.17, 15) is 9.59 Å². The number of rotatable bonds is 3. The van der Waals surface area contributed by atoms with Crippen molar-refractivity contribution in [2.45, 2.75) is 27.7 Å². The maximum absolute atomic E-state index is 12.1. The lowest BCUT2D eigenvalue weighted by Crippen LogP contribution is -2.26. The molecule has 0 aliphatic heterocycles. The van der Waals surface area contributed by atoms with Gasteiger partial charge in [0.05, 0.1) is 12.0 Å². The van der Waals surface area contributed by atoms with E-state index in [-0.39, 0.29) is 17.9 Å². The first-order chi connectivity index (χ1) is 10.3. The van der Waals surface area contributed by atoms with Crippen molar-refractivity contribution < 1.29 is 19.1 Å². The summed E-state index contributed by atoms with van der Waals surface area (Å²) in [7, 11) is 0. The number of carbonyl (C=O) groups is 2. The average molecular weight is 300 g/mol. The summed E-state index contributed by atoms with van der Waals surface area (Å²) in [5.74, 6) is -0.657. The molecule has 0 N–H and O–H groups in total. The van der Waals surface area contributed by atoms with Gasteiger partial charge in [0.1, 0.15) is 11.3 Å². The fourth-order valence-electron chi connectivity index (χ4n) is 1.93. The van der Waals surface area contributed by atoms with Crippen LogP contribution in [0, 0.1) is 5.41 Å². The number of ether oxygens (including phenoxy) is 2. The first kappa shape index (κ1) is 16.0. The van der Waals surface area contributed by atoms with E-state index in [1.165, 1.54) is 0 Å². The summed E-state index contributed by atoms with van der Waals surface area (Å²) in [6, 6.07) is 11.0. The van der Waals surface area contributed by atoms with Crippen molar-refractivity contribution in [3.63, 3.8) is 0 Å². The van der Waals surface area contributed by atoms with Crippen LogP contribution in [0.25, 0.3) is 10.8 Å². The third-order valence-electron chi connectivity index (χ3n) is 3.16. The Morgan fingerprint density at radius 3 is 2.18 bits per heavy atom. The van der Waals surface area contributed by atoms with Crippen LogP contribution in [0.4, 0.5) is 0 Å². The molecule has 0 saturated heterocycles. The van der Waals surface area contributed by atoms with E-state index < -0.39 is 17.4 Å². The van der Waals surface area contributed by atoms with Crippen LogP contribution in [0.3, 0.4) is 0 Å². The van der Waals surface area contributed by atoms with Gasteiger partial charge in [0, 0.05) is 0 Å². The topological polar surface area (TPSA) is 52.6 Å². The molecule has 2 rings (SSSR count). The second-order valence-corrected chi connectivity index (χ2v) is 6.06. The van der Waals surface area contributed by atoms with Crippen LogP contribution in [-0.4, -0.2) is 18.5 Å². The third-order valence-corrected chi connectivity index (χ3v) is 3.16. The van der Waals surface area contributed by atoms with Gasteiger partial charge in [-0.05, 0) is 50.6 Å². The van der Waals surface area contributed by atoms with Crippen LogP contribution in [0.2, 0.25) is 0 Å². The zero-order chi connectivity index (χ0) is 16.3. The van der Waals surface area contributed by atoms with E-state index in [1.807, 2.05) is 24.3 Å². The minimum absolute atomic E-state index is 0.233. The molecule has 2 aromatic rings. The SMILES string of the molecule is CCOC(=O)c1cc2ccccc2cc1OC(=O)C(C)(C)C. The van der Waals surface area contributed by atoms with Crippen LogP contribution in [0.15, 0.2) is 36.4 Å². The molecule has 0 amide bonds. The summed E-state index contributed by atoms with van der Waals surface area (Å²) < 4.78 is 10.5. The van der Waals surface area contributed by atoms with Crippen LogP contribution >= 0.6 is 0 Å². The highest BCUT2D eigenvalue weighted by Crippen LogP contribution is 2.29. The molecule has 22 heavy (non-hydrogen) atoms. The molecule has 0 fully saturated rings. The summed E-state index contributed by atoms with van der Waals surface area (Å²) in [5.41, 5.74) is -0.393. The summed E-state index contributed by atoms with van der Waals surface area (Å²) in [5, 5.41) is 1.79. The lowest BCUT2D eigenvalue weighted by atomic mass is 9.97. The predicted molar refractivity (Wildman–Crippen MR) is 85.0 cm³/mol. The summed E-state index contributed by atoms with van der Waals surface area (Å²) in [6.45, 7) is 7.29. The van der Waals surface area contributed by atoms with Gasteiger partial charge in [0.2, 0.25) is 0 Å². The first-order valence-electron chi connectivity index (χ1n) is 7.25. The van der Waals surface area contributed by atoms with Gasteiger partial charge in [-0.3, -0.25) is 4.79 Å². The van der Waals surface area contributed by atoms with Crippen molar-refractivity contribution in [3.05, 3.63) is 42.0 Å². The van der Waals surface area contributed by atoms with Gasteiger partial charge in [0.25, 0.3) is 0 Å². The van der Waals surface area contributed by atoms with E-state index >= 15 is 0 Å². The molecule has 0 aliphatic rings. The van der Waals surface area contributed by atoms with E-state index in [0.717, 1.165) is 10.8 Å². The molecular formula is C18H20O4. The van der Waals surface area contributed by atoms with E-state index in [4.69, 9.17) is 9.47 Å². The van der Waals surface area contributed by atoms with Gasteiger partial charge in [-0.25, -0.2) is 4.79 Å². The largest absolute Gasteiger partial charge is 0.462 e. The third kappa shape index (κ3) is 3.45. The zero-order valence-corrected chi connectivity index (χ0v) is 13.3. The standard InChI is InChI=1S/C18H20O4/c1-5-21-16(19)14-10-12-8-6-7-9-13(12)11-15(14)22-17(20)18(2,3)4/h6-11H,5H2,1-4H3. The fraction of sp³-hybridized carbons (Fsp3) is 0.333. The molecule has 0 heterocycles. The van der Waals surface area contributed by atoms with Crippen molar-refractivity contribution >= 4 is 22.7 Å². The summed E-state index contributed by atoms with van der Waals surface area (Å²) >= 11 is 0. The monoisotopic (exact) mass is 300 g/mol. The second kappa shape index (κ2) is 6.18. The molecule has 0 saturated carbocycles. The fourth-order valence-corrected chi connectivity index (χ4v) is 1.93. The molecule has 4 heteroatoms. The molecule has 4 nitrogen and oxygen atoms in total. The Morgan fingerprint density at radius 1 is 1.05 bits per heavy atom. The Morgan fingerprint density at radius 2 is 1.64 bits per heavy atom. The van der Waals surface area contributed by atoms with Gasteiger partial charge in [-0.15, -0.1) is 0 Å². The Kier molecular flexibility index (Phi) is 4.50. The molecule has 0 unspecified atom stereocenters. The summed E-state index contributed by atoms with van der Waals surface area (Å²) in [6.07, 6.45) is 0. The second-order valence-electron chi connectivity index (χ2n) is 6.06. The molecule has 0 radical (unpaired) electrons. The van der Waals surface area contributed by atoms with Crippen molar-refractivity contribution in [2.75, 3.05) is 6.61 Å². The van der Waals surface area contributed by atoms with E-state index in [1.54, 1.807) is 39.8 Å². The first-order valence-corrected chi connectivity index (χ1v) is 7.25. The number of benzene rings is 2. The highest BCUT2D eigenvalue weighted by atomic mass is 16.5. The molecule has 0 aliphatic carbocycles. The Hall–Kier alpha value is -2.36. The maximum atomic E-state index is 12.1. The van der Waals surface area contributed by atoms with E-state index in [0.29, 0.717) is 0 Å². The van der Waals surface area contributed by atoms with Gasteiger partial charge >= 0.3 is 11.9 Å². The molecule has 0 bridgehead atoms. The Labute approximate surface area is 130 Å². The van der Waals surface area contributed by atoms with E-state index in [2.05, 4.69) is 0 Å². The quantitative estimate of drug-likeness (QED) is 0.636. The highest BCUT2D eigenvalue weighted by Gasteiger charge is 2.26. The number of carbonyl (C=O) groups excluding carboxylic acids is 2. The van der Waals surface area contributed by atoms with Gasteiger partial charge in [-0.1, -0.05) is 24.3 Å². The molecular weight excluding hydrogens is 280 g/mol. The predicted octanol–water partition coefficient (Wildman–Crippen LogP) is 3.97. The van der Waals surface area contributed by atoms with Crippen LogP contribution < -0.4 is 4.74 Å². The lowest BCUT2D eigenvalue weighted by molar-refractivity contribution is -0.143. The molecule has 2 aromatic carbocycles. The van der Waals surface area contributed by atoms with Crippen molar-refractivity contribution in [3.8, 4) is 5.75 Å². The number of esters is 2. The molecule has 0 spiro atoms. The Bertz CT molecular complexity index is 711. The minimum atomic E-state index is -0.655. The van der Waals surface area contributed by atoms with Crippen molar-refractivity contribution in [2.24, 2.45) is 5.41 Å². The molecule has 0 atom stereocenters. The average Bonchev–Trinajstić information content (AvgIpc) is 2.45. The van der Waals surface area contributed by atoms with Crippen molar-refractivity contribution in [1.29, 1.82) is 0 Å². The van der Waals surface area contributed by atoms with Gasteiger partial charge in [-0.2, -0.15) is 0 Å². The maximum Gasteiger partial charge on any atom is 0.341 e. The van der Waals surface area contributed by atoms with Crippen molar-refractivity contribution in [1.82, 2.24) is 0 Å². The zero-order valence-electron chi connectivity index (χ0n) is 13.3. The molecule has 0 aromatic heterocycles. The minimum Gasteiger partial charge on any atom is -0.462 e. The Balaban J connectivity index is 2.51. The highest BCUT2D eigenvalue weighted by molar-refractivity contribution is 5.99. The molecule has 116 valence electrons. The number of fused-ring (bicyclic) bond motifs is 1. The normalized spacial score (nSPS) is 11.3. The number of hydrogen-bond acceptors (Lipinski definition) is 4. The smallest absolute Gasteiger partial charge is 0.341 e. The lowest BCUT2D eigenvalue weighted by Gasteiger charge is -2.18. The van der Waals surface area contributed by atoms with Gasteiger partial charge < -0.3 is 9.47 Å². The number of hydrogen-bond donors (Lipinski definition) is 0.